The molecule has 1 nitrogen and oxygen atoms in total. The second-order valence-corrected chi connectivity index (χ2v) is 5.74. The zero-order valence-electron chi connectivity index (χ0n) is 10.9. The molecule has 0 aliphatic rings. The quantitative estimate of drug-likeness (QED) is 0.373. The van der Waals surface area contributed by atoms with Crippen LogP contribution >= 0.6 is 23.2 Å². The summed E-state index contributed by atoms with van der Waals surface area (Å²) >= 11 is 12.2. The lowest BCUT2D eigenvalue weighted by molar-refractivity contribution is 0.0739. The first kappa shape index (κ1) is 16.5. The van der Waals surface area contributed by atoms with Gasteiger partial charge in [0.25, 0.3) is 0 Å². The largest absolute Gasteiger partial charge is 0.350 e. The Labute approximate surface area is 111 Å². The Morgan fingerprint density at radius 3 is 2.06 bits per heavy atom. The molecule has 0 N–H and O–H groups in total. The van der Waals surface area contributed by atoms with E-state index >= 15 is 0 Å². The third kappa shape index (κ3) is 6.98. The Hall–Kier alpha value is 0.540. The number of halogens is 2. The van der Waals surface area contributed by atoms with E-state index in [1.165, 1.54) is 38.5 Å². The van der Waals surface area contributed by atoms with Crippen LogP contribution in [0, 0.1) is 5.92 Å². The number of rotatable bonds is 10. The Morgan fingerprint density at radius 1 is 1.00 bits per heavy atom. The van der Waals surface area contributed by atoms with Crippen LogP contribution < -0.4 is 0 Å². The maximum atomic E-state index is 6.09. The van der Waals surface area contributed by atoms with Gasteiger partial charge in [0, 0.05) is 13.0 Å². The van der Waals surface area contributed by atoms with Crippen molar-refractivity contribution >= 4 is 23.2 Å². The van der Waals surface area contributed by atoms with E-state index in [4.69, 9.17) is 27.9 Å². The molecule has 0 bridgehead atoms. The number of methoxy groups -OCH3 is 1. The molecular weight excluding hydrogens is 243 g/mol. The summed E-state index contributed by atoms with van der Waals surface area (Å²) in [6.07, 6.45) is 9.84. The Bertz CT molecular complexity index is 160. The molecule has 1 atom stereocenters. The van der Waals surface area contributed by atoms with E-state index in [1.807, 2.05) is 0 Å². The van der Waals surface area contributed by atoms with Gasteiger partial charge in [-0.2, -0.15) is 0 Å². The van der Waals surface area contributed by atoms with Crippen molar-refractivity contribution in [3.8, 4) is 0 Å². The standard InChI is InChI=1S/C13H26Cl2O/c1-4-6-7-8-9-10-11-12(5-2)13(14,15)16-3/h12H,4-11H2,1-3H3. The van der Waals surface area contributed by atoms with Gasteiger partial charge in [0.2, 0.25) is 4.52 Å². The van der Waals surface area contributed by atoms with E-state index in [9.17, 15) is 0 Å². The van der Waals surface area contributed by atoms with Gasteiger partial charge in [-0.25, -0.2) is 0 Å². The van der Waals surface area contributed by atoms with E-state index in [1.54, 1.807) is 7.11 Å². The third-order valence-corrected chi connectivity index (χ3v) is 4.07. The van der Waals surface area contributed by atoms with Crippen molar-refractivity contribution < 1.29 is 4.74 Å². The molecule has 0 fully saturated rings. The molecule has 0 heterocycles. The van der Waals surface area contributed by atoms with Crippen molar-refractivity contribution in [2.75, 3.05) is 7.11 Å². The fourth-order valence-electron chi connectivity index (χ4n) is 1.95. The number of alkyl halides is 2. The van der Waals surface area contributed by atoms with Crippen LogP contribution in [0.3, 0.4) is 0 Å². The van der Waals surface area contributed by atoms with Crippen molar-refractivity contribution in [1.29, 1.82) is 0 Å². The molecule has 3 heteroatoms. The molecular formula is C13H26Cl2O. The van der Waals surface area contributed by atoms with Crippen LogP contribution in [0.15, 0.2) is 0 Å². The van der Waals surface area contributed by atoms with Crippen molar-refractivity contribution in [1.82, 2.24) is 0 Å². The Balaban J connectivity index is 3.64. The third-order valence-electron chi connectivity index (χ3n) is 3.15. The summed E-state index contributed by atoms with van der Waals surface area (Å²) in [6, 6.07) is 0. The minimum Gasteiger partial charge on any atom is -0.350 e. The molecule has 0 aliphatic carbocycles. The highest BCUT2D eigenvalue weighted by Gasteiger charge is 2.32. The zero-order valence-corrected chi connectivity index (χ0v) is 12.4. The number of hydrogen-bond acceptors (Lipinski definition) is 1. The summed E-state index contributed by atoms with van der Waals surface area (Å²) in [5.74, 6) is 0.243. The van der Waals surface area contributed by atoms with Crippen molar-refractivity contribution in [3.63, 3.8) is 0 Å². The summed E-state index contributed by atoms with van der Waals surface area (Å²) in [4.78, 5) is 0. The van der Waals surface area contributed by atoms with Gasteiger partial charge >= 0.3 is 0 Å². The van der Waals surface area contributed by atoms with Crippen molar-refractivity contribution in [2.24, 2.45) is 5.92 Å². The number of hydrogen-bond donors (Lipinski definition) is 0. The highest BCUT2D eigenvalue weighted by molar-refractivity contribution is 6.47. The fraction of sp³-hybridized carbons (Fsp3) is 1.00. The lowest BCUT2D eigenvalue weighted by Gasteiger charge is -2.27. The van der Waals surface area contributed by atoms with Gasteiger partial charge in [-0.15, -0.1) is 0 Å². The van der Waals surface area contributed by atoms with Crippen molar-refractivity contribution in [3.05, 3.63) is 0 Å². The van der Waals surface area contributed by atoms with Gasteiger partial charge < -0.3 is 4.74 Å². The highest BCUT2D eigenvalue weighted by atomic mass is 35.5. The molecule has 0 rings (SSSR count). The normalized spacial score (nSPS) is 14.1. The zero-order chi connectivity index (χ0) is 12.4. The molecule has 0 aromatic carbocycles. The van der Waals surface area contributed by atoms with Gasteiger partial charge in [0.05, 0.1) is 0 Å². The molecule has 0 amide bonds. The molecule has 0 spiro atoms. The molecule has 0 saturated heterocycles. The van der Waals surface area contributed by atoms with Crippen LogP contribution in [-0.2, 0) is 4.74 Å². The Kier molecular flexibility index (Phi) is 9.88. The molecule has 98 valence electrons. The van der Waals surface area contributed by atoms with E-state index < -0.39 is 4.52 Å². The minimum atomic E-state index is -1.00. The van der Waals surface area contributed by atoms with E-state index in [0.29, 0.717) is 0 Å². The fourth-order valence-corrected chi connectivity index (χ4v) is 2.47. The highest BCUT2D eigenvalue weighted by Crippen LogP contribution is 2.36. The smallest absolute Gasteiger partial charge is 0.219 e. The summed E-state index contributed by atoms with van der Waals surface area (Å²) in [7, 11) is 1.57. The molecule has 1 unspecified atom stereocenters. The minimum absolute atomic E-state index is 0.243. The van der Waals surface area contributed by atoms with Gasteiger partial charge in [-0.3, -0.25) is 0 Å². The second-order valence-electron chi connectivity index (χ2n) is 4.43. The predicted molar refractivity (Wildman–Crippen MR) is 73.2 cm³/mol. The first-order valence-corrected chi connectivity index (χ1v) is 7.27. The lowest BCUT2D eigenvalue weighted by Crippen LogP contribution is -2.27. The van der Waals surface area contributed by atoms with Crippen LogP contribution in [0.1, 0.15) is 65.2 Å². The van der Waals surface area contributed by atoms with E-state index in [0.717, 1.165) is 12.8 Å². The predicted octanol–water partition coefficient (Wildman–Crippen LogP) is 5.54. The number of unbranched alkanes of at least 4 members (excludes halogenated alkanes) is 5. The monoisotopic (exact) mass is 268 g/mol. The SMILES string of the molecule is CCCCCCCCC(CC)C(Cl)(Cl)OC. The number of ether oxygens (including phenoxy) is 1. The van der Waals surface area contributed by atoms with E-state index in [-0.39, 0.29) is 5.92 Å². The summed E-state index contributed by atoms with van der Waals surface area (Å²) in [5.41, 5.74) is 0. The molecule has 0 aliphatic heterocycles. The summed E-state index contributed by atoms with van der Waals surface area (Å²) < 4.78 is 4.12. The average Bonchev–Trinajstić information content (AvgIpc) is 2.28. The lowest BCUT2D eigenvalue weighted by atomic mass is 9.98. The molecule has 0 radical (unpaired) electrons. The van der Waals surface area contributed by atoms with Crippen LogP contribution in [0.2, 0.25) is 0 Å². The van der Waals surface area contributed by atoms with Crippen LogP contribution in [-0.4, -0.2) is 11.6 Å². The average molecular weight is 269 g/mol. The van der Waals surface area contributed by atoms with E-state index in [2.05, 4.69) is 13.8 Å². The van der Waals surface area contributed by atoms with Crippen LogP contribution in [0.5, 0.6) is 0 Å². The topological polar surface area (TPSA) is 9.23 Å². The maximum absolute atomic E-state index is 6.09. The van der Waals surface area contributed by atoms with Gasteiger partial charge in [0.1, 0.15) is 0 Å². The van der Waals surface area contributed by atoms with Crippen LogP contribution in [0.4, 0.5) is 0 Å². The first-order chi connectivity index (χ1) is 7.58. The second kappa shape index (κ2) is 9.56. The first-order valence-electron chi connectivity index (χ1n) is 6.51. The molecule has 0 aromatic rings. The molecule has 0 aromatic heterocycles. The van der Waals surface area contributed by atoms with Gasteiger partial charge in [-0.05, 0) is 12.8 Å². The maximum Gasteiger partial charge on any atom is 0.219 e. The summed E-state index contributed by atoms with van der Waals surface area (Å²) in [6.45, 7) is 4.35. The molecule has 0 saturated carbocycles. The van der Waals surface area contributed by atoms with Gasteiger partial charge in [0.15, 0.2) is 0 Å². The molecule has 16 heavy (non-hydrogen) atoms. The Morgan fingerprint density at radius 2 is 1.56 bits per heavy atom. The van der Waals surface area contributed by atoms with Crippen molar-refractivity contribution in [2.45, 2.75) is 69.7 Å². The summed E-state index contributed by atoms with van der Waals surface area (Å²) in [5, 5.41) is 0. The van der Waals surface area contributed by atoms with Crippen LogP contribution in [0.25, 0.3) is 0 Å². The van der Waals surface area contributed by atoms with Gasteiger partial charge in [-0.1, -0.05) is 75.6 Å².